The van der Waals surface area contributed by atoms with Gasteiger partial charge in [0.15, 0.2) is 9.84 Å². The van der Waals surface area contributed by atoms with Gasteiger partial charge >= 0.3 is 0 Å². The maximum absolute atomic E-state index is 11.5. The molecule has 0 saturated carbocycles. The van der Waals surface area contributed by atoms with E-state index < -0.39 is 14.6 Å². The van der Waals surface area contributed by atoms with Crippen molar-refractivity contribution in [2.24, 2.45) is 0 Å². The summed E-state index contributed by atoms with van der Waals surface area (Å²) in [6.07, 6.45) is 0.958. The summed E-state index contributed by atoms with van der Waals surface area (Å²) in [6.45, 7) is 7.92. The van der Waals surface area contributed by atoms with Crippen molar-refractivity contribution in [3.8, 4) is 0 Å². The van der Waals surface area contributed by atoms with E-state index in [4.69, 9.17) is 0 Å². The standard InChI is InChI=1S/C8H19NO2S/c1-5-6-9-7-12(10,11)8(2,3)4/h9H,5-7H2,1-4H3. The molecule has 0 fully saturated rings. The topological polar surface area (TPSA) is 46.2 Å². The molecular weight excluding hydrogens is 174 g/mol. The van der Waals surface area contributed by atoms with Crippen LogP contribution in [0, 0.1) is 0 Å². The van der Waals surface area contributed by atoms with Gasteiger partial charge in [0.05, 0.1) is 10.6 Å². The second-order valence-electron chi connectivity index (χ2n) is 3.87. The monoisotopic (exact) mass is 193 g/mol. The third-order valence-electron chi connectivity index (χ3n) is 1.65. The first kappa shape index (κ1) is 11.9. The van der Waals surface area contributed by atoms with Gasteiger partial charge in [0.25, 0.3) is 0 Å². The van der Waals surface area contributed by atoms with Crippen molar-refractivity contribution in [2.75, 3.05) is 12.4 Å². The zero-order valence-electron chi connectivity index (χ0n) is 8.35. The highest BCUT2D eigenvalue weighted by Gasteiger charge is 2.27. The van der Waals surface area contributed by atoms with E-state index >= 15 is 0 Å². The molecule has 0 aromatic heterocycles. The molecule has 74 valence electrons. The van der Waals surface area contributed by atoms with E-state index in [9.17, 15) is 8.42 Å². The third-order valence-corrected chi connectivity index (χ3v) is 4.10. The smallest absolute Gasteiger partial charge is 0.168 e. The normalized spacial score (nSPS) is 13.3. The van der Waals surface area contributed by atoms with Gasteiger partial charge in [0, 0.05) is 0 Å². The van der Waals surface area contributed by atoms with E-state index in [1.807, 2.05) is 6.92 Å². The summed E-state index contributed by atoms with van der Waals surface area (Å²) >= 11 is 0. The van der Waals surface area contributed by atoms with Gasteiger partial charge in [0.2, 0.25) is 0 Å². The minimum Gasteiger partial charge on any atom is -0.304 e. The SMILES string of the molecule is CCCNCS(=O)(=O)C(C)(C)C. The van der Waals surface area contributed by atoms with E-state index in [1.54, 1.807) is 20.8 Å². The Morgan fingerprint density at radius 3 is 2.08 bits per heavy atom. The molecule has 1 N–H and O–H groups in total. The molecule has 0 aliphatic carbocycles. The van der Waals surface area contributed by atoms with Crippen molar-refractivity contribution in [3.05, 3.63) is 0 Å². The third kappa shape index (κ3) is 3.54. The molecule has 0 radical (unpaired) electrons. The van der Waals surface area contributed by atoms with Crippen LogP contribution in [0.2, 0.25) is 0 Å². The van der Waals surface area contributed by atoms with Gasteiger partial charge in [-0.25, -0.2) is 8.42 Å². The molecule has 0 unspecified atom stereocenters. The van der Waals surface area contributed by atoms with Crippen LogP contribution in [0.1, 0.15) is 34.1 Å². The lowest BCUT2D eigenvalue weighted by molar-refractivity contribution is 0.551. The van der Waals surface area contributed by atoms with Crippen LogP contribution in [-0.4, -0.2) is 25.6 Å². The molecule has 0 aromatic rings. The van der Waals surface area contributed by atoms with Crippen molar-refractivity contribution in [2.45, 2.75) is 38.9 Å². The first-order valence-corrected chi connectivity index (χ1v) is 5.89. The minimum absolute atomic E-state index is 0.0876. The van der Waals surface area contributed by atoms with Crippen molar-refractivity contribution in [1.82, 2.24) is 5.32 Å². The molecule has 0 bridgehead atoms. The summed E-state index contributed by atoms with van der Waals surface area (Å²) in [5.74, 6) is 0.0876. The zero-order chi connectivity index (χ0) is 9.83. The van der Waals surface area contributed by atoms with Crippen LogP contribution in [0.4, 0.5) is 0 Å². The Kier molecular flexibility index (Phi) is 4.20. The highest BCUT2D eigenvalue weighted by atomic mass is 32.2. The summed E-state index contributed by atoms with van der Waals surface area (Å²) in [5, 5.41) is 2.89. The fourth-order valence-electron chi connectivity index (χ4n) is 0.600. The highest BCUT2D eigenvalue weighted by Crippen LogP contribution is 2.14. The Balaban J connectivity index is 4.08. The predicted octanol–water partition coefficient (Wildman–Crippen LogP) is 1.16. The fourth-order valence-corrected chi connectivity index (χ4v) is 1.45. The van der Waals surface area contributed by atoms with Crippen LogP contribution in [0.3, 0.4) is 0 Å². The van der Waals surface area contributed by atoms with Gasteiger partial charge in [-0.15, -0.1) is 0 Å². The fraction of sp³-hybridized carbons (Fsp3) is 1.00. The van der Waals surface area contributed by atoms with Gasteiger partial charge in [-0.2, -0.15) is 0 Å². The summed E-state index contributed by atoms with van der Waals surface area (Å²) in [4.78, 5) is 0. The largest absolute Gasteiger partial charge is 0.304 e. The van der Waals surface area contributed by atoms with Crippen LogP contribution in [0.15, 0.2) is 0 Å². The molecule has 0 aromatic carbocycles. The average molecular weight is 193 g/mol. The molecule has 4 heteroatoms. The Morgan fingerprint density at radius 1 is 1.25 bits per heavy atom. The molecular formula is C8H19NO2S. The second-order valence-corrected chi connectivity index (χ2v) is 6.61. The lowest BCUT2D eigenvalue weighted by Gasteiger charge is -2.19. The predicted molar refractivity (Wildman–Crippen MR) is 51.8 cm³/mol. The second kappa shape index (κ2) is 4.23. The summed E-state index contributed by atoms with van der Waals surface area (Å²) in [7, 11) is -2.98. The lowest BCUT2D eigenvalue weighted by Crippen LogP contribution is -2.36. The first-order chi connectivity index (χ1) is 5.31. The maximum Gasteiger partial charge on any atom is 0.168 e. The Labute approximate surface area is 75.5 Å². The molecule has 0 spiro atoms. The summed E-state index contributed by atoms with van der Waals surface area (Å²) < 4.78 is 22.3. The Hall–Kier alpha value is -0.0900. The van der Waals surface area contributed by atoms with Crippen LogP contribution >= 0.6 is 0 Å². The maximum atomic E-state index is 11.5. The van der Waals surface area contributed by atoms with Crippen molar-refractivity contribution in [3.63, 3.8) is 0 Å². The highest BCUT2D eigenvalue weighted by molar-refractivity contribution is 7.92. The van der Waals surface area contributed by atoms with E-state index in [-0.39, 0.29) is 5.88 Å². The van der Waals surface area contributed by atoms with Crippen LogP contribution in [-0.2, 0) is 9.84 Å². The average Bonchev–Trinajstić information content (AvgIpc) is 1.85. The lowest BCUT2D eigenvalue weighted by atomic mass is 10.3. The van der Waals surface area contributed by atoms with E-state index in [0.29, 0.717) is 0 Å². The van der Waals surface area contributed by atoms with Crippen LogP contribution in [0.5, 0.6) is 0 Å². The van der Waals surface area contributed by atoms with Gasteiger partial charge in [-0.1, -0.05) is 6.92 Å². The molecule has 0 aliphatic heterocycles. The summed E-state index contributed by atoms with van der Waals surface area (Å²) in [6, 6.07) is 0. The van der Waals surface area contributed by atoms with Gasteiger partial charge in [0.1, 0.15) is 0 Å². The van der Waals surface area contributed by atoms with Crippen molar-refractivity contribution in [1.29, 1.82) is 0 Å². The number of nitrogens with one attached hydrogen (secondary N) is 1. The molecule has 3 nitrogen and oxygen atoms in total. The van der Waals surface area contributed by atoms with Crippen LogP contribution < -0.4 is 5.32 Å². The van der Waals surface area contributed by atoms with E-state index in [0.717, 1.165) is 13.0 Å². The van der Waals surface area contributed by atoms with Gasteiger partial charge < -0.3 is 5.32 Å². The molecule has 0 amide bonds. The Bertz CT molecular complexity index is 214. The van der Waals surface area contributed by atoms with Gasteiger partial charge in [-0.05, 0) is 33.7 Å². The van der Waals surface area contributed by atoms with Crippen molar-refractivity contribution < 1.29 is 8.42 Å². The molecule has 0 aliphatic rings. The first-order valence-electron chi connectivity index (χ1n) is 4.24. The number of rotatable bonds is 4. The Morgan fingerprint density at radius 2 is 1.75 bits per heavy atom. The van der Waals surface area contributed by atoms with E-state index in [2.05, 4.69) is 5.32 Å². The molecule has 0 heterocycles. The number of sulfone groups is 1. The number of hydrogen-bond donors (Lipinski definition) is 1. The molecule has 0 saturated heterocycles. The van der Waals surface area contributed by atoms with Crippen molar-refractivity contribution >= 4 is 9.84 Å². The quantitative estimate of drug-likeness (QED) is 0.681. The van der Waals surface area contributed by atoms with E-state index in [1.165, 1.54) is 0 Å². The summed E-state index contributed by atoms with van der Waals surface area (Å²) in [5.41, 5.74) is 0. The number of hydrogen-bond acceptors (Lipinski definition) is 3. The minimum atomic E-state index is -2.98. The molecule has 0 atom stereocenters. The molecule has 0 rings (SSSR count). The molecule has 12 heavy (non-hydrogen) atoms. The van der Waals surface area contributed by atoms with Gasteiger partial charge in [-0.3, -0.25) is 0 Å². The van der Waals surface area contributed by atoms with Crippen LogP contribution in [0.25, 0.3) is 0 Å². The zero-order valence-corrected chi connectivity index (χ0v) is 9.16.